The van der Waals surface area contributed by atoms with Gasteiger partial charge in [-0.2, -0.15) is 0 Å². The summed E-state index contributed by atoms with van der Waals surface area (Å²) in [6.07, 6.45) is 4.19. The van der Waals surface area contributed by atoms with Crippen molar-refractivity contribution in [1.29, 1.82) is 0 Å². The lowest BCUT2D eigenvalue weighted by atomic mass is 10.2. The summed E-state index contributed by atoms with van der Waals surface area (Å²) >= 11 is 9.34. The lowest BCUT2D eigenvalue weighted by Gasteiger charge is -2.04. The van der Waals surface area contributed by atoms with E-state index in [4.69, 9.17) is 11.6 Å². The Hall–Kier alpha value is -1.25. The van der Waals surface area contributed by atoms with Crippen molar-refractivity contribution in [3.63, 3.8) is 0 Å². The molecule has 0 unspecified atom stereocenters. The molecule has 0 amide bonds. The Morgan fingerprint density at radius 1 is 1.11 bits per heavy atom. The minimum atomic E-state index is 0.723. The van der Waals surface area contributed by atoms with Crippen LogP contribution in [0.4, 0.5) is 5.69 Å². The van der Waals surface area contributed by atoms with Crippen molar-refractivity contribution in [2.24, 2.45) is 0 Å². The fourth-order valence-electron chi connectivity index (χ4n) is 1.54. The van der Waals surface area contributed by atoms with Crippen LogP contribution in [-0.4, -0.2) is 6.54 Å². The first-order chi connectivity index (χ1) is 8.75. The lowest BCUT2D eigenvalue weighted by Crippen LogP contribution is -1.97. The Morgan fingerprint density at radius 2 is 1.89 bits per heavy atom. The second-order valence-corrected chi connectivity index (χ2v) is 5.08. The van der Waals surface area contributed by atoms with Crippen LogP contribution in [0.25, 0.3) is 6.08 Å². The first-order valence-corrected chi connectivity index (χ1v) is 6.83. The molecule has 3 heteroatoms. The summed E-state index contributed by atoms with van der Waals surface area (Å²) in [5.41, 5.74) is 2.25. The maximum atomic E-state index is 5.93. The molecule has 1 N–H and O–H groups in total. The van der Waals surface area contributed by atoms with Crippen LogP contribution in [0.5, 0.6) is 0 Å². The highest BCUT2D eigenvalue weighted by molar-refractivity contribution is 9.10. The van der Waals surface area contributed by atoms with Crippen molar-refractivity contribution in [3.8, 4) is 0 Å². The van der Waals surface area contributed by atoms with Gasteiger partial charge in [-0.3, -0.25) is 0 Å². The van der Waals surface area contributed by atoms with Gasteiger partial charge in [0.25, 0.3) is 0 Å². The van der Waals surface area contributed by atoms with Gasteiger partial charge in [-0.25, -0.2) is 0 Å². The zero-order valence-corrected chi connectivity index (χ0v) is 12.1. The molecule has 0 aliphatic rings. The predicted molar refractivity (Wildman–Crippen MR) is 83.1 cm³/mol. The summed E-state index contributed by atoms with van der Waals surface area (Å²) in [6.45, 7) is 0.781. The SMILES string of the molecule is Clc1ccc(NCC=Cc2ccccc2)cc1Br. The number of hydrogen-bond donors (Lipinski definition) is 1. The zero-order valence-electron chi connectivity index (χ0n) is 9.74. The van der Waals surface area contributed by atoms with E-state index in [2.05, 4.69) is 45.5 Å². The third-order valence-electron chi connectivity index (χ3n) is 2.45. The normalized spacial score (nSPS) is 10.8. The van der Waals surface area contributed by atoms with E-state index in [0.717, 1.165) is 21.7 Å². The maximum absolute atomic E-state index is 5.93. The van der Waals surface area contributed by atoms with Gasteiger partial charge in [0.15, 0.2) is 0 Å². The molecule has 0 aliphatic carbocycles. The number of anilines is 1. The molecule has 18 heavy (non-hydrogen) atoms. The third-order valence-corrected chi connectivity index (χ3v) is 3.67. The molecule has 0 bridgehead atoms. The van der Waals surface area contributed by atoms with Crippen molar-refractivity contribution in [3.05, 3.63) is 69.7 Å². The molecule has 2 rings (SSSR count). The minimum Gasteiger partial charge on any atom is -0.382 e. The van der Waals surface area contributed by atoms with Crippen molar-refractivity contribution in [1.82, 2.24) is 0 Å². The summed E-state index contributed by atoms with van der Waals surface area (Å²) in [5.74, 6) is 0. The van der Waals surface area contributed by atoms with E-state index in [0.29, 0.717) is 0 Å². The van der Waals surface area contributed by atoms with Crippen LogP contribution in [0.3, 0.4) is 0 Å². The Balaban J connectivity index is 1.89. The van der Waals surface area contributed by atoms with Gasteiger partial charge in [0, 0.05) is 16.7 Å². The molecule has 0 atom stereocenters. The van der Waals surface area contributed by atoms with Crippen LogP contribution in [0, 0.1) is 0 Å². The molecule has 0 radical (unpaired) electrons. The highest BCUT2D eigenvalue weighted by Crippen LogP contribution is 2.25. The molecule has 2 aromatic rings. The second-order valence-electron chi connectivity index (χ2n) is 3.82. The van der Waals surface area contributed by atoms with Crippen LogP contribution in [0.15, 0.2) is 59.1 Å². The summed E-state index contributed by atoms with van der Waals surface area (Å²) in [4.78, 5) is 0. The van der Waals surface area contributed by atoms with Crippen LogP contribution in [0.1, 0.15) is 5.56 Å². The molecule has 92 valence electrons. The largest absolute Gasteiger partial charge is 0.382 e. The summed E-state index contributed by atoms with van der Waals surface area (Å²) < 4.78 is 0.904. The maximum Gasteiger partial charge on any atom is 0.0549 e. The van der Waals surface area contributed by atoms with Gasteiger partial charge >= 0.3 is 0 Å². The Labute approximate surface area is 121 Å². The molecule has 0 heterocycles. The quantitative estimate of drug-likeness (QED) is 0.813. The first kappa shape index (κ1) is 13.2. The third kappa shape index (κ3) is 3.90. The number of rotatable bonds is 4. The Morgan fingerprint density at radius 3 is 2.61 bits per heavy atom. The summed E-state index contributed by atoms with van der Waals surface area (Å²) in [5, 5.41) is 4.03. The number of halogens is 2. The number of benzene rings is 2. The second kappa shape index (κ2) is 6.62. The average molecular weight is 323 g/mol. The lowest BCUT2D eigenvalue weighted by molar-refractivity contribution is 1.34. The highest BCUT2D eigenvalue weighted by atomic mass is 79.9. The topological polar surface area (TPSA) is 12.0 Å². The Kier molecular flexibility index (Phi) is 4.85. The molecule has 0 saturated carbocycles. The zero-order chi connectivity index (χ0) is 12.8. The van der Waals surface area contributed by atoms with Crippen LogP contribution >= 0.6 is 27.5 Å². The molecule has 0 spiro atoms. The van der Waals surface area contributed by atoms with E-state index in [1.807, 2.05) is 36.4 Å². The van der Waals surface area contributed by atoms with Gasteiger partial charge in [-0.15, -0.1) is 0 Å². The molecule has 0 fully saturated rings. The number of hydrogen-bond acceptors (Lipinski definition) is 1. The standard InChI is InChI=1S/C15H13BrClN/c16-14-11-13(8-9-15(14)17)18-10-4-7-12-5-2-1-3-6-12/h1-9,11,18H,10H2. The monoisotopic (exact) mass is 321 g/mol. The Bertz CT molecular complexity index is 537. The van der Waals surface area contributed by atoms with Gasteiger partial charge in [0.05, 0.1) is 5.02 Å². The van der Waals surface area contributed by atoms with Gasteiger partial charge in [0.2, 0.25) is 0 Å². The fraction of sp³-hybridized carbons (Fsp3) is 0.0667. The van der Waals surface area contributed by atoms with Crippen LogP contribution < -0.4 is 5.32 Å². The van der Waals surface area contributed by atoms with Crippen molar-refractivity contribution in [2.75, 3.05) is 11.9 Å². The van der Waals surface area contributed by atoms with Crippen LogP contribution in [0.2, 0.25) is 5.02 Å². The van der Waals surface area contributed by atoms with Gasteiger partial charge < -0.3 is 5.32 Å². The smallest absolute Gasteiger partial charge is 0.0549 e. The van der Waals surface area contributed by atoms with Crippen molar-refractivity contribution >= 4 is 39.3 Å². The summed E-state index contributed by atoms with van der Waals surface area (Å²) in [6, 6.07) is 16.0. The highest BCUT2D eigenvalue weighted by Gasteiger charge is 1.97. The van der Waals surface area contributed by atoms with Gasteiger partial charge in [-0.05, 0) is 39.7 Å². The molecule has 2 aromatic carbocycles. The van der Waals surface area contributed by atoms with Gasteiger partial charge in [0.1, 0.15) is 0 Å². The fourth-order valence-corrected chi connectivity index (χ4v) is 2.04. The average Bonchev–Trinajstić information content (AvgIpc) is 2.40. The first-order valence-electron chi connectivity index (χ1n) is 5.66. The molecular formula is C15H13BrClN. The number of nitrogens with one attached hydrogen (secondary N) is 1. The van der Waals surface area contributed by atoms with Crippen LogP contribution in [-0.2, 0) is 0 Å². The van der Waals surface area contributed by atoms with E-state index >= 15 is 0 Å². The molecule has 0 aromatic heterocycles. The van der Waals surface area contributed by atoms with E-state index < -0.39 is 0 Å². The van der Waals surface area contributed by atoms with Crippen molar-refractivity contribution in [2.45, 2.75) is 0 Å². The van der Waals surface area contributed by atoms with E-state index in [1.165, 1.54) is 5.56 Å². The van der Waals surface area contributed by atoms with E-state index in [-0.39, 0.29) is 0 Å². The molecule has 1 nitrogen and oxygen atoms in total. The van der Waals surface area contributed by atoms with Crippen molar-refractivity contribution < 1.29 is 0 Å². The predicted octanol–water partition coefficient (Wildman–Crippen LogP) is 5.23. The van der Waals surface area contributed by atoms with E-state index in [1.54, 1.807) is 0 Å². The molecular weight excluding hydrogens is 310 g/mol. The van der Waals surface area contributed by atoms with E-state index in [9.17, 15) is 0 Å². The minimum absolute atomic E-state index is 0.723. The molecule has 0 saturated heterocycles. The van der Waals surface area contributed by atoms with Gasteiger partial charge in [-0.1, -0.05) is 54.1 Å². The summed E-state index contributed by atoms with van der Waals surface area (Å²) in [7, 11) is 0. The molecule has 0 aliphatic heterocycles.